The topological polar surface area (TPSA) is 125 Å². The molecule has 2 aromatic carbocycles. The molecular weight excluding hydrogens is 322 g/mol. The number of aryl methyl sites for hydroxylation is 1. The molecule has 0 amide bonds. The summed E-state index contributed by atoms with van der Waals surface area (Å²) in [7, 11) is -2.40. The van der Waals surface area contributed by atoms with E-state index in [4.69, 9.17) is 10.5 Å². The van der Waals surface area contributed by atoms with E-state index in [1.165, 1.54) is 37.4 Å². The lowest BCUT2D eigenvalue weighted by atomic mass is 10.2. The number of hydrogen-bond acceptors (Lipinski definition) is 6. The molecule has 0 bridgehead atoms. The van der Waals surface area contributed by atoms with E-state index >= 15 is 0 Å². The van der Waals surface area contributed by atoms with Gasteiger partial charge >= 0.3 is 0 Å². The van der Waals surface area contributed by atoms with Crippen LogP contribution in [0.25, 0.3) is 0 Å². The molecule has 0 heterocycles. The predicted molar refractivity (Wildman–Crippen MR) is 86.0 cm³/mol. The summed E-state index contributed by atoms with van der Waals surface area (Å²) in [6, 6.07) is 8.08. The van der Waals surface area contributed by atoms with E-state index in [0.29, 0.717) is 11.3 Å². The molecule has 0 aromatic heterocycles. The third-order valence-corrected chi connectivity index (χ3v) is 4.53. The molecule has 2 aromatic rings. The van der Waals surface area contributed by atoms with Gasteiger partial charge in [0.05, 0.1) is 22.6 Å². The number of nitro groups is 1. The maximum atomic E-state index is 12.4. The minimum atomic E-state index is -3.89. The highest BCUT2D eigenvalue weighted by Gasteiger charge is 2.18. The van der Waals surface area contributed by atoms with Crippen molar-refractivity contribution in [2.75, 3.05) is 17.6 Å². The van der Waals surface area contributed by atoms with Gasteiger partial charge in [-0.25, -0.2) is 8.42 Å². The average molecular weight is 337 g/mol. The van der Waals surface area contributed by atoms with Crippen LogP contribution in [0.5, 0.6) is 5.75 Å². The largest absolute Gasteiger partial charge is 0.496 e. The van der Waals surface area contributed by atoms with E-state index in [1.54, 1.807) is 6.92 Å². The third kappa shape index (κ3) is 3.51. The Morgan fingerprint density at radius 2 is 1.91 bits per heavy atom. The highest BCUT2D eigenvalue weighted by Crippen LogP contribution is 2.27. The zero-order valence-corrected chi connectivity index (χ0v) is 13.3. The smallest absolute Gasteiger partial charge is 0.294 e. The van der Waals surface area contributed by atoms with Crippen molar-refractivity contribution in [3.8, 4) is 5.75 Å². The lowest BCUT2D eigenvalue weighted by molar-refractivity contribution is -0.383. The fourth-order valence-corrected chi connectivity index (χ4v) is 3.13. The van der Waals surface area contributed by atoms with Gasteiger partial charge in [0, 0.05) is 6.07 Å². The second-order valence-corrected chi connectivity index (χ2v) is 6.45. The van der Waals surface area contributed by atoms with Gasteiger partial charge in [0.15, 0.2) is 0 Å². The summed E-state index contributed by atoms with van der Waals surface area (Å²) in [6.07, 6.45) is 0. The zero-order valence-electron chi connectivity index (χ0n) is 12.4. The molecule has 122 valence electrons. The van der Waals surface area contributed by atoms with Crippen LogP contribution in [-0.2, 0) is 10.0 Å². The van der Waals surface area contributed by atoms with Gasteiger partial charge in [-0.05, 0) is 42.8 Å². The summed E-state index contributed by atoms with van der Waals surface area (Å²) in [4.78, 5) is 10.2. The number of hydrogen-bond donors (Lipinski definition) is 2. The van der Waals surface area contributed by atoms with Crippen LogP contribution < -0.4 is 15.2 Å². The molecule has 0 aliphatic carbocycles. The molecule has 0 fully saturated rings. The number of anilines is 2. The fourth-order valence-electron chi connectivity index (χ4n) is 2.00. The van der Waals surface area contributed by atoms with E-state index < -0.39 is 14.9 Å². The van der Waals surface area contributed by atoms with Crippen LogP contribution in [0.15, 0.2) is 41.3 Å². The molecular formula is C14H15N3O5S. The van der Waals surface area contributed by atoms with Crippen molar-refractivity contribution in [2.45, 2.75) is 11.8 Å². The van der Waals surface area contributed by atoms with Gasteiger partial charge < -0.3 is 10.5 Å². The van der Waals surface area contributed by atoms with Crippen LogP contribution in [0.3, 0.4) is 0 Å². The number of ether oxygens (including phenoxy) is 1. The number of rotatable bonds is 5. The minimum absolute atomic E-state index is 0.0234. The molecule has 2 rings (SSSR count). The van der Waals surface area contributed by atoms with Crippen molar-refractivity contribution in [3.05, 3.63) is 52.1 Å². The quantitative estimate of drug-likeness (QED) is 0.490. The van der Waals surface area contributed by atoms with Crippen LogP contribution in [0.2, 0.25) is 0 Å². The van der Waals surface area contributed by atoms with Crippen LogP contribution in [0.4, 0.5) is 17.1 Å². The first-order valence-corrected chi connectivity index (χ1v) is 7.94. The number of benzene rings is 2. The monoisotopic (exact) mass is 337 g/mol. The van der Waals surface area contributed by atoms with Crippen molar-refractivity contribution in [3.63, 3.8) is 0 Å². The fraction of sp³-hybridized carbons (Fsp3) is 0.143. The van der Waals surface area contributed by atoms with E-state index in [0.717, 1.165) is 6.07 Å². The molecule has 0 spiro atoms. The minimum Gasteiger partial charge on any atom is -0.496 e. The Bertz CT molecular complexity index is 865. The van der Waals surface area contributed by atoms with Gasteiger partial charge in [-0.15, -0.1) is 0 Å². The summed E-state index contributed by atoms with van der Waals surface area (Å²) in [5.41, 5.74) is 5.78. The Hall–Kier alpha value is -2.81. The lowest BCUT2D eigenvalue weighted by Crippen LogP contribution is -2.13. The molecule has 0 aliphatic rings. The van der Waals surface area contributed by atoms with Gasteiger partial charge in [0.25, 0.3) is 15.7 Å². The van der Waals surface area contributed by atoms with E-state index in [1.807, 2.05) is 0 Å². The van der Waals surface area contributed by atoms with Crippen LogP contribution in [-0.4, -0.2) is 20.5 Å². The molecule has 3 N–H and O–H groups in total. The maximum absolute atomic E-state index is 12.4. The second kappa shape index (κ2) is 6.13. The van der Waals surface area contributed by atoms with Crippen LogP contribution >= 0.6 is 0 Å². The first-order valence-electron chi connectivity index (χ1n) is 6.46. The Morgan fingerprint density at radius 1 is 1.22 bits per heavy atom. The van der Waals surface area contributed by atoms with E-state index in [-0.39, 0.29) is 22.0 Å². The third-order valence-electron chi connectivity index (χ3n) is 3.16. The van der Waals surface area contributed by atoms with Crippen molar-refractivity contribution >= 4 is 27.1 Å². The molecule has 23 heavy (non-hydrogen) atoms. The molecule has 0 aliphatic heterocycles. The van der Waals surface area contributed by atoms with Gasteiger partial charge in [-0.3, -0.25) is 14.8 Å². The Balaban J connectivity index is 2.37. The standard InChI is InChI=1S/C14H15N3O5S/c1-9-7-11(4-6-14(9)22-2)23(20,21)16-10-3-5-12(15)13(8-10)17(18)19/h3-8,16H,15H2,1-2H3. The number of nitro benzene ring substituents is 1. The number of methoxy groups -OCH3 is 1. The molecule has 0 radical (unpaired) electrons. The average Bonchev–Trinajstić information content (AvgIpc) is 2.48. The summed E-state index contributed by atoms with van der Waals surface area (Å²) in [5, 5.41) is 10.9. The SMILES string of the molecule is COc1ccc(S(=O)(=O)Nc2ccc(N)c([N+](=O)[O-])c2)cc1C. The summed E-state index contributed by atoms with van der Waals surface area (Å²) < 4.78 is 32.1. The molecule has 0 unspecified atom stereocenters. The lowest BCUT2D eigenvalue weighted by Gasteiger charge is -2.11. The molecule has 0 saturated heterocycles. The van der Waals surface area contributed by atoms with Gasteiger partial charge in [0.1, 0.15) is 11.4 Å². The van der Waals surface area contributed by atoms with Crippen molar-refractivity contribution < 1.29 is 18.1 Å². The summed E-state index contributed by atoms with van der Waals surface area (Å²) >= 11 is 0. The number of nitrogens with zero attached hydrogens (tertiary/aromatic N) is 1. The van der Waals surface area contributed by atoms with E-state index in [9.17, 15) is 18.5 Å². The highest BCUT2D eigenvalue weighted by atomic mass is 32.2. The van der Waals surface area contributed by atoms with Crippen molar-refractivity contribution in [2.24, 2.45) is 0 Å². The summed E-state index contributed by atoms with van der Waals surface area (Å²) in [6.45, 7) is 1.71. The number of nitrogens with one attached hydrogen (secondary N) is 1. The molecule has 0 saturated carbocycles. The van der Waals surface area contributed by atoms with Gasteiger partial charge in [-0.1, -0.05) is 0 Å². The highest BCUT2D eigenvalue weighted by molar-refractivity contribution is 7.92. The Morgan fingerprint density at radius 3 is 2.48 bits per heavy atom. The Kier molecular flexibility index (Phi) is 4.41. The van der Waals surface area contributed by atoms with Gasteiger partial charge in [-0.2, -0.15) is 0 Å². The van der Waals surface area contributed by atoms with Crippen LogP contribution in [0.1, 0.15) is 5.56 Å². The van der Waals surface area contributed by atoms with Crippen LogP contribution in [0, 0.1) is 17.0 Å². The molecule has 8 nitrogen and oxygen atoms in total. The van der Waals surface area contributed by atoms with Crippen molar-refractivity contribution in [1.82, 2.24) is 0 Å². The molecule has 0 atom stereocenters. The second-order valence-electron chi connectivity index (χ2n) is 4.77. The van der Waals surface area contributed by atoms with Crippen molar-refractivity contribution in [1.29, 1.82) is 0 Å². The number of nitrogen functional groups attached to an aromatic ring is 1. The first kappa shape index (κ1) is 16.6. The Labute approximate surface area is 133 Å². The number of nitrogens with two attached hydrogens (primary N) is 1. The predicted octanol–water partition coefficient (Wildman–Crippen LogP) is 2.29. The maximum Gasteiger partial charge on any atom is 0.294 e. The zero-order chi connectivity index (χ0) is 17.2. The molecule has 9 heteroatoms. The first-order chi connectivity index (χ1) is 10.7. The number of sulfonamides is 1. The van der Waals surface area contributed by atoms with E-state index in [2.05, 4.69) is 4.72 Å². The normalized spacial score (nSPS) is 11.0. The summed E-state index contributed by atoms with van der Waals surface area (Å²) in [5.74, 6) is 0.562. The van der Waals surface area contributed by atoms with Gasteiger partial charge in [0.2, 0.25) is 0 Å².